The zero-order valence-electron chi connectivity index (χ0n) is 11.4. The van der Waals surface area contributed by atoms with Gasteiger partial charge in [-0.2, -0.15) is 11.8 Å². The van der Waals surface area contributed by atoms with Crippen molar-refractivity contribution < 1.29 is 0 Å². The van der Waals surface area contributed by atoms with Crippen LogP contribution in [0.1, 0.15) is 31.2 Å². The van der Waals surface area contributed by atoms with Gasteiger partial charge >= 0.3 is 0 Å². The Morgan fingerprint density at radius 1 is 1.47 bits per heavy atom. The maximum Gasteiger partial charge on any atom is 0.137 e. The highest BCUT2D eigenvalue weighted by molar-refractivity contribution is 7.99. The standard InChI is InChI=1S/C15H21N3S/c1-19-13-5-2-4-12(8-13)17-9-11-10-18-15-14(11)6-3-7-16-15/h3,6-7,10,12-13,17H,2,4-5,8-9H2,1H3,(H,16,18). The summed E-state index contributed by atoms with van der Waals surface area (Å²) in [5, 5.41) is 5.81. The number of fused-ring (bicyclic) bond motifs is 1. The third kappa shape index (κ3) is 2.95. The van der Waals surface area contributed by atoms with Crippen LogP contribution in [0.2, 0.25) is 0 Å². The lowest BCUT2D eigenvalue weighted by Gasteiger charge is -2.28. The largest absolute Gasteiger partial charge is 0.346 e. The smallest absolute Gasteiger partial charge is 0.137 e. The number of thioether (sulfide) groups is 1. The number of H-pyrrole nitrogens is 1. The van der Waals surface area contributed by atoms with Crippen LogP contribution in [-0.4, -0.2) is 27.5 Å². The second kappa shape index (κ2) is 5.97. The molecule has 102 valence electrons. The van der Waals surface area contributed by atoms with E-state index in [1.807, 2.05) is 24.0 Å². The quantitative estimate of drug-likeness (QED) is 0.899. The van der Waals surface area contributed by atoms with E-state index in [1.165, 1.54) is 36.6 Å². The summed E-state index contributed by atoms with van der Waals surface area (Å²) in [6, 6.07) is 4.82. The van der Waals surface area contributed by atoms with Gasteiger partial charge in [0.2, 0.25) is 0 Å². The molecule has 19 heavy (non-hydrogen) atoms. The minimum atomic E-state index is 0.674. The van der Waals surface area contributed by atoms with Crippen molar-refractivity contribution in [2.24, 2.45) is 0 Å². The van der Waals surface area contributed by atoms with Crippen LogP contribution < -0.4 is 5.32 Å². The number of pyridine rings is 1. The summed E-state index contributed by atoms with van der Waals surface area (Å²) in [5.41, 5.74) is 2.32. The van der Waals surface area contributed by atoms with Gasteiger partial charge in [0.25, 0.3) is 0 Å². The van der Waals surface area contributed by atoms with Crippen LogP contribution in [0.5, 0.6) is 0 Å². The molecule has 0 radical (unpaired) electrons. The fourth-order valence-corrected chi connectivity index (χ4v) is 3.78. The van der Waals surface area contributed by atoms with Crippen LogP contribution in [0.15, 0.2) is 24.5 Å². The number of aromatic nitrogens is 2. The van der Waals surface area contributed by atoms with Gasteiger partial charge in [-0.05, 0) is 43.2 Å². The lowest BCUT2D eigenvalue weighted by molar-refractivity contribution is 0.380. The molecule has 2 heterocycles. The van der Waals surface area contributed by atoms with E-state index >= 15 is 0 Å². The van der Waals surface area contributed by atoms with Crippen molar-refractivity contribution in [3.8, 4) is 0 Å². The molecule has 2 aromatic rings. The topological polar surface area (TPSA) is 40.7 Å². The molecular formula is C15H21N3S. The van der Waals surface area contributed by atoms with Gasteiger partial charge in [0.15, 0.2) is 0 Å². The van der Waals surface area contributed by atoms with E-state index in [1.54, 1.807) is 0 Å². The summed E-state index contributed by atoms with van der Waals surface area (Å²) in [6.45, 7) is 0.942. The molecule has 0 aliphatic heterocycles. The third-order valence-corrected chi connectivity index (χ3v) is 5.17. The monoisotopic (exact) mass is 275 g/mol. The number of rotatable bonds is 4. The van der Waals surface area contributed by atoms with E-state index in [9.17, 15) is 0 Å². The second-order valence-corrected chi connectivity index (χ2v) is 6.45. The molecular weight excluding hydrogens is 254 g/mol. The molecule has 1 saturated carbocycles. The molecule has 2 aromatic heterocycles. The van der Waals surface area contributed by atoms with Crippen LogP contribution in [0.3, 0.4) is 0 Å². The highest BCUT2D eigenvalue weighted by Gasteiger charge is 2.20. The first kappa shape index (κ1) is 13.0. The summed E-state index contributed by atoms with van der Waals surface area (Å²) in [7, 11) is 0. The van der Waals surface area contributed by atoms with Gasteiger partial charge < -0.3 is 10.3 Å². The van der Waals surface area contributed by atoms with Gasteiger partial charge in [-0.1, -0.05) is 6.42 Å². The summed E-state index contributed by atoms with van der Waals surface area (Å²) in [4.78, 5) is 7.58. The first-order chi connectivity index (χ1) is 9.36. The summed E-state index contributed by atoms with van der Waals surface area (Å²) in [5.74, 6) is 0. The Kier molecular flexibility index (Phi) is 4.09. The SMILES string of the molecule is CSC1CCCC(NCc2c[nH]c3ncccc23)C1. The molecule has 0 bridgehead atoms. The Labute approximate surface area is 118 Å². The third-order valence-electron chi connectivity index (χ3n) is 4.08. The first-order valence-corrected chi connectivity index (χ1v) is 8.33. The summed E-state index contributed by atoms with van der Waals surface area (Å²) < 4.78 is 0. The predicted octanol–water partition coefficient (Wildman–Crippen LogP) is 3.33. The highest BCUT2D eigenvalue weighted by atomic mass is 32.2. The van der Waals surface area contributed by atoms with Gasteiger partial charge in [0.05, 0.1) is 0 Å². The van der Waals surface area contributed by atoms with E-state index in [2.05, 4.69) is 33.8 Å². The van der Waals surface area contributed by atoms with Crippen LogP contribution in [-0.2, 0) is 6.54 Å². The Morgan fingerprint density at radius 2 is 2.42 bits per heavy atom. The zero-order valence-corrected chi connectivity index (χ0v) is 12.2. The maximum absolute atomic E-state index is 4.34. The fraction of sp³-hybridized carbons (Fsp3) is 0.533. The van der Waals surface area contributed by atoms with Crippen molar-refractivity contribution in [2.75, 3.05) is 6.26 Å². The number of hydrogen-bond acceptors (Lipinski definition) is 3. The van der Waals surface area contributed by atoms with Gasteiger partial charge in [-0.15, -0.1) is 0 Å². The first-order valence-electron chi connectivity index (χ1n) is 7.04. The molecule has 4 heteroatoms. The van der Waals surface area contributed by atoms with E-state index in [-0.39, 0.29) is 0 Å². The maximum atomic E-state index is 4.34. The van der Waals surface area contributed by atoms with Gasteiger partial charge in [-0.3, -0.25) is 0 Å². The van der Waals surface area contributed by atoms with E-state index in [0.29, 0.717) is 6.04 Å². The van der Waals surface area contributed by atoms with Crippen molar-refractivity contribution in [3.05, 3.63) is 30.1 Å². The van der Waals surface area contributed by atoms with Crippen LogP contribution in [0, 0.1) is 0 Å². The van der Waals surface area contributed by atoms with Crippen LogP contribution in [0.25, 0.3) is 11.0 Å². The highest BCUT2D eigenvalue weighted by Crippen LogP contribution is 2.27. The summed E-state index contributed by atoms with van der Waals surface area (Å²) >= 11 is 2.02. The van der Waals surface area contributed by atoms with Gasteiger partial charge in [0, 0.05) is 35.6 Å². The lowest BCUT2D eigenvalue weighted by Crippen LogP contribution is -2.34. The minimum Gasteiger partial charge on any atom is -0.346 e. The fourth-order valence-electron chi connectivity index (χ4n) is 2.96. The molecule has 1 fully saturated rings. The molecule has 2 atom stereocenters. The minimum absolute atomic E-state index is 0.674. The van der Waals surface area contributed by atoms with Gasteiger partial charge in [-0.25, -0.2) is 4.98 Å². The molecule has 1 aliphatic carbocycles. The van der Waals surface area contributed by atoms with Crippen molar-refractivity contribution in [1.29, 1.82) is 0 Å². The zero-order chi connectivity index (χ0) is 13.1. The van der Waals surface area contributed by atoms with E-state index in [0.717, 1.165) is 17.4 Å². The van der Waals surface area contributed by atoms with Crippen molar-refractivity contribution in [3.63, 3.8) is 0 Å². The Morgan fingerprint density at radius 3 is 3.32 bits per heavy atom. The second-order valence-electron chi connectivity index (χ2n) is 5.32. The molecule has 0 aromatic carbocycles. The molecule has 0 saturated heterocycles. The van der Waals surface area contributed by atoms with E-state index in [4.69, 9.17) is 0 Å². The van der Waals surface area contributed by atoms with E-state index < -0.39 is 0 Å². The molecule has 0 amide bonds. The molecule has 0 spiro atoms. The molecule has 2 N–H and O–H groups in total. The number of aromatic amines is 1. The average Bonchev–Trinajstić information content (AvgIpc) is 2.89. The molecule has 1 aliphatic rings. The number of hydrogen-bond donors (Lipinski definition) is 2. The van der Waals surface area contributed by atoms with Gasteiger partial charge in [0.1, 0.15) is 5.65 Å². The average molecular weight is 275 g/mol. The van der Waals surface area contributed by atoms with Crippen molar-refractivity contribution >= 4 is 22.8 Å². The molecule has 2 unspecified atom stereocenters. The Hall–Kier alpha value is -1.00. The van der Waals surface area contributed by atoms with Crippen molar-refractivity contribution in [2.45, 2.75) is 43.5 Å². The summed E-state index contributed by atoms with van der Waals surface area (Å²) in [6.07, 6.45) is 11.5. The van der Waals surface area contributed by atoms with Crippen molar-refractivity contribution in [1.82, 2.24) is 15.3 Å². The number of nitrogens with zero attached hydrogens (tertiary/aromatic N) is 1. The van der Waals surface area contributed by atoms with Crippen LogP contribution in [0.4, 0.5) is 0 Å². The Bertz CT molecular complexity index is 537. The normalized spacial score (nSPS) is 23.8. The predicted molar refractivity (Wildman–Crippen MR) is 82.5 cm³/mol. The lowest BCUT2D eigenvalue weighted by atomic mass is 9.95. The molecule has 3 rings (SSSR count). The number of nitrogens with one attached hydrogen (secondary N) is 2. The van der Waals surface area contributed by atoms with Crippen LogP contribution >= 0.6 is 11.8 Å². The molecule has 3 nitrogen and oxygen atoms in total. The Balaban J connectivity index is 1.63.